The molecule has 0 unspecified atom stereocenters. The van der Waals surface area contributed by atoms with E-state index >= 15 is 0 Å². The van der Waals surface area contributed by atoms with Gasteiger partial charge in [0, 0.05) is 30.2 Å². The smallest absolute Gasteiger partial charge is 0.196 e. The number of nitrogens with zero attached hydrogens (tertiary/aromatic N) is 2. The van der Waals surface area contributed by atoms with Gasteiger partial charge in [-0.15, -0.1) is 22.9 Å². The predicted molar refractivity (Wildman–Crippen MR) is 84.2 cm³/mol. The van der Waals surface area contributed by atoms with Crippen LogP contribution in [0.4, 0.5) is 5.69 Å². The number of hydrogen-bond donors (Lipinski definition) is 0. The number of aromatic nitrogens is 1. The van der Waals surface area contributed by atoms with Crippen LogP contribution in [0, 0.1) is 0 Å². The molecule has 1 aromatic heterocycles. The number of hydrogen-bond acceptors (Lipinski definition) is 4. The molecule has 1 aliphatic heterocycles. The first-order chi connectivity index (χ1) is 9.69. The normalized spacial score (nSPS) is 14.2. The number of fused-ring (bicyclic) bond motifs is 1. The van der Waals surface area contributed by atoms with E-state index in [2.05, 4.69) is 35.1 Å². The van der Waals surface area contributed by atoms with Crippen molar-refractivity contribution < 1.29 is 4.79 Å². The van der Waals surface area contributed by atoms with E-state index in [0.717, 1.165) is 23.5 Å². The molecule has 3 rings (SSSR count). The number of benzene rings is 1. The maximum atomic E-state index is 11.5. The fraction of sp³-hybridized carbons (Fsp3) is 0.333. The lowest BCUT2D eigenvalue weighted by Gasteiger charge is -2.27. The molecule has 0 saturated heterocycles. The monoisotopic (exact) mass is 306 g/mol. The predicted octanol–water partition coefficient (Wildman–Crippen LogP) is 3.61. The second-order valence-corrected chi connectivity index (χ2v) is 6.09. The Balaban J connectivity index is 1.95. The molecule has 0 atom stereocenters. The molecule has 0 radical (unpaired) electrons. The number of thiazole rings is 1. The van der Waals surface area contributed by atoms with E-state index in [0.29, 0.717) is 5.69 Å². The van der Waals surface area contributed by atoms with Crippen molar-refractivity contribution in [1.82, 2.24) is 4.98 Å². The Morgan fingerprint density at radius 1 is 1.50 bits per heavy atom. The first-order valence-electron chi connectivity index (χ1n) is 6.58. The average molecular weight is 307 g/mol. The van der Waals surface area contributed by atoms with E-state index in [1.165, 1.54) is 29.0 Å². The van der Waals surface area contributed by atoms with Crippen molar-refractivity contribution in [2.45, 2.75) is 12.8 Å². The zero-order valence-corrected chi connectivity index (χ0v) is 12.8. The number of aryl methyl sites for hydroxylation is 1. The summed E-state index contributed by atoms with van der Waals surface area (Å²) in [5, 5.41) is 2.67. The highest BCUT2D eigenvalue weighted by Crippen LogP contribution is 2.32. The van der Waals surface area contributed by atoms with Gasteiger partial charge in [0.2, 0.25) is 0 Å². The summed E-state index contributed by atoms with van der Waals surface area (Å²) in [4.78, 5) is 18.2. The van der Waals surface area contributed by atoms with E-state index in [4.69, 9.17) is 11.6 Å². The summed E-state index contributed by atoms with van der Waals surface area (Å²) < 4.78 is 0. The summed E-state index contributed by atoms with van der Waals surface area (Å²) >= 11 is 7.06. The zero-order chi connectivity index (χ0) is 14.1. The molecule has 1 aliphatic rings. The molecule has 0 spiro atoms. The minimum Gasteiger partial charge on any atom is -0.374 e. The third-order valence-electron chi connectivity index (χ3n) is 3.59. The maximum Gasteiger partial charge on any atom is 0.196 e. The Morgan fingerprint density at radius 3 is 3.15 bits per heavy atom. The second-order valence-electron chi connectivity index (χ2n) is 4.96. The molecule has 0 amide bonds. The summed E-state index contributed by atoms with van der Waals surface area (Å²) in [6.45, 7) is 1.11. The molecule has 1 aromatic carbocycles. The van der Waals surface area contributed by atoms with Gasteiger partial charge in [-0.1, -0.05) is 0 Å². The van der Waals surface area contributed by atoms with Crippen molar-refractivity contribution in [1.29, 1.82) is 0 Å². The van der Waals surface area contributed by atoms with Crippen molar-refractivity contribution in [3.63, 3.8) is 0 Å². The van der Waals surface area contributed by atoms with Gasteiger partial charge >= 0.3 is 0 Å². The number of ketones is 1. The maximum absolute atomic E-state index is 11.5. The van der Waals surface area contributed by atoms with Crippen LogP contribution in [0.5, 0.6) is 0 Å². The lowest BCUT2D eigenvalue weighted by Crippen LogP contribution is -2.24. The number of carbonyl (C=O) groups excluding carboxylic acids is 1. The van der Waals surface area contributed by atoms with Crippen LogP contribution >= 0.6 is 22.9 Å². The van der Waals surface area contributed by atoms with Crippen molar-refractivity contribution in [3.05, 3.63) is 34.8 Å². The molecule has 0 aliphatic carbocycles. The Kier molecular flexibility index (Phi) is 3.76. The molecule has 0 bridgehead atoms. The Bertz CT molecular complexity index is 653. The summed E-state index contributed by atoms with van der Waals surface area (Å²) in [7, 11) is 2.12. The Labute approximate surface area is 127 Å². The van der Waals surface area contributed by atoms with Crippen molar-refractivity contribution in [2.24, 2.45) is 0 Å². The van der Waals surface area contributed by atoms with Crippen LogP contribution in [0.3, 0.4) is 0 Å². The quantitative estimate of drug-likeness (QED) is 0.641. The van der Waals surface area contributed by atoms with Gasteiger partial charge in [0.25, 0.3) is 0 Å². The van der Waals surface area contributed by atoms with Crippen molar-refractivity contribution in [2.75, 3.05) is 24.4 Å². The third-order valence-corrected chi connectivity index (χ3v) is 4.72. The van der Waals surface area contributed by atoms with Crippen molar-refractivity contribution >= 4 is 34.4 Å². The summed E-state index contributed by atoms with van der Waals surface area (Å²) in [5.74, 6) is -0.134. The number of anilines is 1. The molecule has 0 saturated carbocycles. The molecule has 0 fully saturated rings. The lowest BCUT2D eigenvalue weighted by molar-refractivity contribution is 0.101. The van der Waals surface area contributed by atoms with Gasteiger partial charge in [-0.2, -0.15) is 0 Å². The highest BCUT2D eigenvalue weighted by molar-refractivity contribution is 7.13. The first kappa shape index (κ1) is 13.6. The fourth-order valence-electron chi connectivity index (χ4n) is 2.52. The molecular formula is C15H15ClN2OS. The van der Waals surface area contributed by atoms with Crippen LogP contribution in [0.15, 0.2) is 23.6 Å². The van der Waals surface area contributed by atoms with Crippen LogP contribution < -0.4 is 4.90 Å². The van der Waals surface area contributed by atoms with Crippen LogP contribution in [0.2, 0.25) is 0 Å². The number of alkyl halides is 1. The van der Waals surface area contributed by atoms with E-state index < -0.39 is 0 Å². The molecule has 2 heterocycles. The number of carbonyl (C=O) groups is 1. The largest absolute Gasteiger partial charge is 0.374 e. The second kappa shape index (κ2) is 5.54. The summed E-state index contributed by atoms with van der Waals surface area (Å²) in [6, 6.07) is 6.42. The van der Waals surface area contributed by atoms with E-state index in [1.54, 1.807) is 5.38 Å². The minimum atomic E-state index is -0.119. The van der Waals surface area contributed by atoms with Gasteiger partial charge < -0.3 is 4.90 Å². The number of halogens is 1. The highest BCUT2D eigenvalue weighted by Gasteiger charge is 2.16. The Morgan fingerprint density at radius 2 is 2.35 bits per heavy atom. The zero-order valence-electron chi connectivity index (χ0n) is 11.2. The molecule has 0 N–H and O–H groups in total. The topological polar surface area (TPSA) is 33.2 Å². The van der Waals surface area contributed by atoms with Gasteiger partial charge in [-0.25, -0.2) is 4.98 Å². The van der Waals surface area contributed by atoms with Crippen LogP contribution in [-0.4, -0.2) is 30.2 Å². The number of Topliss-reactive ketones (excluding diaryl/α,β-unsaturated/α-hetero) is 1. The van der Waals surface area contributed by atoms with Gasteiger partial charge in [0.15, 0.2) is 5.78 Å². The standard InChI is InChI=1S/C15H15ClN2OS/c1-18-6-2-3-10-7-11(4-5-13(10)18)15-17-12(9-20-15)14(19)8-16/h4-5,7,9H,2-3,6,8H2,1H3. The molecule has 20 heavy (non-hydrogen) atoms. The molecule has 2 aromatic rings. The Hall–Kier alpha value is -1.39. The first-order valence-corrected chi connectivity index (χ1v) is 7.99. The minimum absolute atomic E-state index is 0.0157. The summed E-state index contributed by atoms with van der Waals surface area (Å²) in [6.07, 6.45) is 2.28. The average Bonchev–Trinajstić information content (AvgIpc) is 2.96. The molecule has 104 valence electrons. The van der Waals surface area contributed by atoms with Crippen LogP contribution in [0.1, 0.15) is 22.5 Å². The van der Waals surface area contributed by atoms with Gasteiger partial charge in [-0.05, 0) is 36.6 Å². The highest BCUT2D eigenvalue weighted by atomic mass is 35.5. The van der Waals surface area contributed by atoms with Crippen LogP contribution in [-0.2, 0) is 6.42 Å². The fourth-order valence-corrected chi connectivity index (χ4v) is 3.48. The number of rotatable bonds is 3. The van der Waals surface area contributed by atoms with E-state index in [1.807, 2.05) is 0 Å². The SMILES string of the molecule is CN1CCCc2cc(-c3nc(C(=O)CCl)cs3)ccc21. The van der Waals surface area contributed by atoms with E-state index in [-0.39, 0.29) is 11.7 Å². The van der Waals surface area contributed by atoms with Crippen molar-refractivity contribution in [3.8, 4) is 10.6 Å². The molecule has 3 nitrogen and oxygen atoms in total. The third kappa shape index (κ3) is 2.45. The van der Waals surface area contributed by atoms with Gasteiger partial charge in [-0.3, -0.25) is 4.79 Å². The van der Waals surface area contributed by atoms with Crippen LogP contribution in [0.25, 0.3) is 10.6 Å². The van der Waals surface area contributed by atoms with Gasteiger partial charge in [0.05, 0.1) is 5.88 Å². The van der Waals surface area contributed by atoms with Gasteiger partial charge in [0.1, 0.15) is 10.7 Å². The van der Waals surface area contributed by atoms with E-state index in [9.17, 15) is 4.79 Å². The molecule has 5 heteroatoms. The molecular weight excluding hydrogens is 292 g/mol. The lowest BCUT2D eigenvalue weighted by atomic mass is 10.00. The summed E-state index contributed by atoms with van der Waals surface area (Å²) in [5.41, 5.74) is 4.21.